The molecule has 0 aliphatic rings. The van der Waals surface area contributed by atoms with Gasteiger partial charge in [0.1, 0.15) is 10.5 Å². The maximum atomic E-state index is 13.4. The summed E-state index contributed by atoms with van der Waals surface area (Å²) in [6.45, 7) is 4.11. The largest absolute Gasteiger partial charge is 0.477 e. The van der Waals surface area contributed by atoms with Crippen molar-refractivity contribution in [2.75, 3.05) is 26.0 Å². The Morgan fingerprint density at radius 1 is 1.19 bits per heavy atom. The van der Waals surface area contributed by atoms with E-state index in [-0.39, 0.29) is 40.9 Å². The van der Waals surface area contributed by atoms with Crippen molar-refractivity contribution in [3.63, 3.8) is 0 Å². The number of hydrogen-bond acceptors (Lipinski definition) is 8. The fraction of sp³-hybridized carbons (Fsp3) is 0.348. The summed E-state index contributed by atoms with van der Waals surface area (Å²) in [6.07, 6.45) is 3.94. The average Bonchev–Trinajstić information content (AvgIpc) is 3.17. The predicted octanol–water partition coefficient (Wildman–Crippen LogP) is 1.67. The van der Waals surface area contributed by atoms with E-state index in [1.165, 1.54) is 20.2 Å². The Morgan fingerprint density at radius 2 is 1.94 bits per heavy atom. The molecule has 0 radical (unpaired) electrons. The van der Waals surface area contributed by atoms with Gasteiger partial charge in [-0.15, -0.1) is 0 Å². The zero-order valence-corrected chi connectivity index (χ0v) is 21.4. The zero-order valence-electron chi connectivity index (χ0n) is 20.6. The molecular formula is C23H29N7O5S. The van der Waals surface area contributed by atoms with Gasteiger partial charge in [-0.3, -0.25) is 19.3 Å². The van der Waals surface area contributed by atoms with E-state index in [1.54, 1.807) is 23.9 Å². The highest BCUT2D eigenvalue weighted by Gasteiger charge is 2.27. The molecule has 36 heavy (non-hydrogen) atoms. The van der Waals surface area contributed by atoms with Crippen LogP contribution >= 0.6 is 0 Å². The molecule has 3 heterocycles. The molecule has 0 bridgehead atoms. The predicted molar refractivity (Wildman–Crippen MR) is 132 cm³/mol. The molecule has 0 spiro atoms. The minimum atomic E-state index is -3.87. The standard InChI is InChI=1S/C23H29N7O5S/c1-5-9-18-19(20(21(24)31)28-30(18)14-15-10-7-8-11-25-15)27-22(32)17-12-16(36(33,34)29(3)4)13-26-23(17)35-6-2/h7-8,10-13H,5-6,9,14H2,1-4H3,(H2,24,31)(H,27,32). The van der Waals surface area contributed by atoms with Crippen molar-refractivity contribution in [3.05, 3.63) is 59.3 Å². The topological polar surface area (TPSA) is 162 Å². The zero-order chi connectivity index (χ0) is 26.5. The summed E-state index contributed by atoms with van der Waals surface area (Å²) >= 11 is 0. The molecule has 3 aromatic heterocycles. The average molecular weight is 516 g/mol. The van der Waals surface area contributed by atoms with Crippen molar-refractivity contribution in [1.29, 1.82) is 0 Å². The number of aromatic nitrogens is 4. The minimum Gasteiger partial charge on any atom is -0.477 e. The van der Waals surface area contributed by atoms with E-state index >= 15 is 0 Å². The summed E-state index contributed by atoms with van der Waals surface area (Å²) in [4.78, 5) is 33.8. The number of nitrogens with zero attached hydrogens (tertiary/aromatic N) is 5. The molecule has 0 fully saturated rings. The lowest BCUT2D eigenvalue weighted by molar-refractivity contribution is 0.0995. The first kappa shape index (κ1) is 26.8. The van der Waals surface area contributed by atoms with E-state index in [0.29, 0.717) is 24.2 Å². The number of ether oxygens (including phenoxy) is 1. The van der Waals surface area contributed by atoms with Crippen LogP contribution in [-0.2, 0) is 23.0 Å². The number of anilines is 1. The molecule has 0 aliphatic carbocycles. The van der Waals surface area contributed by atoms with Gasteiger partial charge in [0, 0.05) is 20.3 Å². The molecule has 0 atom stereocenters. The molecule has 3 rings (SSSR count). The smallest absolute Gasteiger partial charge is 0.271 e. The number of sulfonamides is 1. The molecular weight excluding hydrogens is 486 g/mol. The van der Waals surface area contributed by atoms with Gasteiger partial charge in [0.05, 0.1) is 36.4 Å². The number of nitrogens with two attached hydrogens (primary N) is 1. The normalized spacial score (nSPS) is 11.5. The first-order valence-electron chi connectivity index (χ1n) is 11.3. The fourth-order valence-electron chi connectivity index (χ4n) is 3.45. The van der Waals surface area contributed by atoms with Crippen LogP contribution in [0.3, 0.4) is 0 Å². The second-order valence-electron chi connectivity index (χ2n) is 7.96. The summed E-state index contributed by atoms with van der Waals surface area (Å²) in [5, 5.41) is 7.05. The quantitative estimate of drug-likeness (QED) is 0.390. The summed E-state index contributed by atoms with van der Waals surface area (Å²) in [5.41, 5.74) is 6.78. The van der Waals surface area contributed by atoms with Crippen LogP contribution in [-0.4, -0.2) is 65.0 Å². The van der Waals surface area contributed by atoms with Crippen LogP contribution < -0.4 is 15.8 Å². The molecule has 3 aromatic rings. The molecule has 0 saturated carbocycles. The summed E-state index contributed by atoms with van der Waals surface area (Å²) < 4.78 is 33.3. The number of pyridine rings is 2. The van der Waals surface area contributed by atoms with Crippen molar-refractivity contribution in [1.82, 2.24) is 24.1 Å². The van der Waals surface area contributed by atoms with E-state index in [2.05, 4.69) is 20.4 Å². The first-order chi connectivity index (χ1) is 17.1. The van der Waals surface area contributed by atoms with Crippen LogP contribution in [0, 0.1) is 0 Å². The molecule has 12 nitrogen and oxygen atoms in total. The van der Waals surface area contributed by atoms with E-state index < -0.39 is 21.8 Å². The number of nitrogens with one attached hydrogen (secondary N) is 1. The first-order valence-corrected chi connectivity index (χ1v) is 12.7. The van der Waals surface area contributed by atoms with Gasteiger partial charge in [-0.1, -0.05) is 19.4 Å². The van der Waals surface area contributed by atoms with Gasteiger partial charge >= 0.3 is 0 Å². The summed E-state index contributed by atoms with van der Waals surface area (Å²) in [5.74, 6) is -1.60. The summed E-state index contributed by atoms with van der Waals surface area (Å²) in [6, 6.07) is 6.62. The minimum absolute atomic E-state index is 0.0498. The molecule has 0 saturated heterocycles. The Bertz CT molecular complexity index is 1350. The molecule has 2 amide bonds. The number of carbonyl (C=O) groups excluding carboxylic acids is 2. The highest BCUT2D eigenvalue weighted by atomic mass is 32.2. The van der Waals surface area contributed by atoms with Gasteiger partial charge < -0.3 is 15.8 Å². The van der Waals surface area contributed by atoms with Crippen LogP contribution in [0.15, 0.2) is 41.6 Å². The Kier molecular flexibility index (Phi) is 8.37. The highest BCUT2D eigenvalue weighted by molar-refractivity contribution is 7.89. The fourth-order valence-corrected chi connectivity index (χ4v) is 4.32. The molecule has 192 valence electrons. The Labute approximate surface area is 209 Å². The van der Waals surface area contributed by atoms with E-state index in [0.717, 1.165) is 10.5 Å². The summed E-state index contributed by atoms with van der Waals surface area (Å²) in [7, 11) is -1.12. The second-order valence-corrected chi connectivity index (χ2v) is 10.1. The van der Waals surface area contributed by atoms with Gasteiger partial charge in [0.25, 0.3) is 11.8 Å². The van der Waals surface area contributed by atoms with E-state index in [4.69, 9.17) is 10.5 Å². The molecule has 0 unspecified atom stereocenters. The maximum Gasteiger partial charge on any atom is 0.271 e. The van der Waals surface area contributed by atoms with Crippen LogP contribution in [0.1, 0.15) is 52.5 Å². The van der Waals surface area contributed by atoms with Crippen molar-refractivity contribution >= 4 is 27.5 Å². The molecule has 0 aromatic carbocycles. The van der Waals surface area contributed by atoms with E-state index in [1.807, 2.05) is 19.1 Å². The van der Waals surface area contributed by atoms with Gasteiger partial charge in [-0.05, 0) is 31.5 Å². The second kappa shape index (κ2) is 11.3. The third-order valence-corrected chi connectivity index (χ3v) is 6.97. The van der Waals surface area contributed by atoms with Gasteiger partial charge in [0.15, 0.2) is 5.69 Å². The van der Waals surface area contributed by atoms with Crippen molar-refractivity contribution in [2.45, 2.75) is 38.1 Å². The lowest BCUT2D eigenvalue weighted by Gasteiger charge is -2.15. The van der Waals surface area contributed by atoms with Gasteiger partial charge in [-0.2, -0.15) is 5.10 Å². The third kappa shape index (κ3) is 5.69. The van der Waals surface area contributed by atoms with Crippen molar-refractivity contribution < 1.29 is 22.7 Å². The SMILES string of the molecule is CCCc1c(NC(=O)c2cc(S(=O)(=O)N(C)C)cnc2OCC)c(C(N)=O)nn1Cc1ccccn1. The Morgan fingerprint density at radius 3 is 2.53 bits per heavy atom. The van der Waals surface area contributed by atoms with Crippen molar-refractivity contribution in [2.24, 2.45) is 5.73 Å². The number of carbonyl (C=O) groups is 2. The lowest BCUT2D eigenvalue weighted by atomic mass is 10.1. The number of primary amides is 1. The van der Waals surface area contributed by atoms with Crippen molar-refractivity contribution in [3.8, 4) is 5.88 Å². The third-order valence-electron chi connectivity index (χ3n) is 5.18. The van der Waals surface area contributed by atoms with Crippen LogP contribution in [0.5, 0.6) is 5.88 Å². The highest BCUT2D eigenvalue weighted by Crippen LogP contribution is 2.27. The lowest BCUT2D eigenvalue weighted by Crippen LogP contribution is -2.24. The Hall–Kier alpha value is -3.84. The number of hydrogen-bond donors (Lipinski definition) is 2. The monoisotopic (exact) mass is 515 g/mol. The maximum absolute atomic E-state index is 13.4. The van der Waals surface area contributed by atoms with Crippen LogP contribution in [0.4, 0.5) is 5.69 Å². The molecule has 13 heteroatoms. The van der Waals surface area contributed by atoms with Gasteiger partial charge in [-0.25, -0.2) is 17.7 Å². The van der Waals surface area contributed by atoms with Gasteiger partial charge in [0.2, 0.25) is 15.9 Å². The van der Waals surface area contributed by atoms with Crippen LogP contribution in [0.2, 0.25) is 0 Å². The van der Waals surface area contributed by atoms with E-state index in [9.17, 15) is 18.0 Å². The number of rotatable bonds is 11. The molecule has 0 aliphatic heterocycles. The number of amides is 2. The molecule has 3 N–H and O–H groups in total. The Balaban J connectivity index is 2.09. The van der Waals surface area contributed by atoms with Crippen LogP contribution in [0.25, 0.3) is 0 Å².